The van der Waals surface area contributed by atoms with Gasteiger partial charge in [-0.2, -0.15) is 5.10 Å². The van der Waals surface area contributed by atoms with Crippen LogP contribution in [0.4, 0.5) is 0 Å². The number of nitrogens with zero attached hydrogens (tertiary/aromatic N) is 2. The first kappa shape index (κ1) is 14.3. The summed E-state index contributed by atoms with van der Waals surface area (Å²) in [5.74, 6) is 0.308. The topological polar surface area (TPSA) is 83.1 Å². The number of H-pyrrole nitrogens is 1. The fourth-order valence-corrected chi connectivity index (χ4v) is 3.35. The normalized spacial score (nSPS) is 19.9. The van der Waals surface area contributed by atoms with Crippen LogP contribution in [0.25, 0.3) is 0 Å². The minimum Gasteiger partial charge on any atom is -0.342 e. The number of rotatable bonds is 4. The Labute approximate surface area is 117 Å². The molecule has 2 heterocycles. The lowest BCUT2D eigenvalue weighted by atomic mass is 10.1. The fraction of sp³-hybridized carbons (Fsp3) is 0.636. The van der Waals surface area contributed by atoms with E-state index in [2.05, 4.69) is 10.2 Å². The van der Waals surface area contributed by atoms with E-state index in [9.17, 15) is 13.2 Å². The number of sulfone groups is 1. The Balaban J connectivity index is 2.14. The van der Waals surface area contributed by atoms with E-state index in [1.54, 1.807) is 4.90 Å². The number of aromatic nitrogens is 2. The van der Waals surface area contributed by atoms with Gasteiger partial charge in [-0.15, -0.1) is 11.6 Å². The number of hydrogen-bond donors (Lipinski definition) is 1. The molecule has 1 aromatic rings. The predicted octanol–water partition coefficient (Wildman–Crippen LogP) is 0.758. The number of nitrogens with one attached hydrogen (secondary N) is 1. The van der Waals surface area contributed by atoms with Crippen molar-refractivity contribution in [1.82, 2.24) is 15.1 Å². The monoisotopic (exact) mass is 305 g/mol. The van der Waals surface area contributed by atoms with Gasteiger partial charge >= 0.3 is 0 Å². The van der Waals surface area contributed by atoms with Crippen molar-refractivity contribution in [1.29, 1.82) is 0 Å². The van der Waals surface area contributed by atoms with Gasteiger partial charge in [-0.05, 0) is 6.42 Å². The summed E-state index contributed by atoms with van der Waals surface area (Å²) in [5, 5.41) is 6.56. The average Bonchev–Trinajstić information content (AvgIpc) is 2.97. The summed E-state index contributed by atoms with van der Waals surface area (Å²) in [6, 6.07) is 0. The summed E-state index contributed by atoms with van der Waals surface area (Å²) in [4.78, 5) is 13.7. The van der Waals surface area contributed by atoms with Crippen molar-refractivity contribution in [3.05, 3.63) is 11.9 Å². The zero-order chi connectivity index (χ0) is 14.0. The van der Waals surface area contributed by atoms with Gasteiger partial charge in [-0.25, -0.2) is 8.42 Å². The number of carbonyl (C=O) groups is 1. The fourth-order valence-electron chi connectivity index (χ4n) is 2.33. The first-order valence-electron chi connectivity index (χ1n) is 6.00. The van der Waals surface area contributed by atoms with Crippen LogP contribution in [0, 0.1) is 0 Å². The maximum atomic E-state index is 11.7. The third kappa shape index (κ3) is 3.09. The van der Waals surface area contributed by atoms with Gasteiger partial charge in [0.25, 0.3) is 0 Å². The number of carbonyl (C=O) groups excluding carboxylic acids is 1. The standard InChI is InChI=1S/C11H16ClN3O3S/c1-19(17,18)9-6-13-14-11(9)8-3-5-15(7-8)10(16)2-4-12/h6,8H,2-5,7H2,1H3,(H,13,14). The van der Waals surface area contributed by atoms with E-state index in [4.69, 9.17) is 11.6 Å². The largest absolute Gasteiger partial charge is 0.342 e. The number of halogens is 1. The second-order valence-electron chi connectivity index (χ2n) is 4.68. The summed E-state index contributed by atoms with van der Waals surface area (Å²) in [5.41, 5.74) is 0.601. The molecule has 2 rings (SSSR count). The molecule has 0 radical (unpaired) electrons. The molecule has 19 heavy (non-hydrogen) atoms. The number of amides is 1. The first-order chi connectivity index (χ1) is 8.93. The van der Waals surface area contributed by atoms with Gasteiger partial charge in [-0.1, -0.05) is 0 Å². The number of alkyl halides is 1. The molecule has 0 aromatic carbocycles. The van der Waals surface area contributed by atoms with E-state index in [-0.39, 0.29) is 16.7 Å². The molecule has 1 aliphatic heterocycles. The quantitative estimate of drug-likeness (QED) is 0.832. The lowest BCUT2D eigenvalue weighted by molar-refractivity contribution is -0.129. The minimum absolute atomic E-state index is 0.00787. The van der Waals surface area contributed by atoms with Crippen LogP contribution in [-0.2, 0) is 14.6 Å². The Morgan fingerprint density at radius 1 is 1.63 bits per heavy atom. The third-order valence-electron chi connectivity index (χ3n) is 3.29. The summed E-state index contributed by atoms with van der Waals surface area (Å²) in [6.45, 7) is 1.14. The van der Waals surface area contributed by atoms with E-state index in [1.807, 2.05) is 0 Å². The van der Waals surface area contributed by atoms with Crippen LogP contribution >= 0.6 is 11.6 Å². The molecule has 6 nitrogen and oxygen atoms in total. The molecule has 1 aliphatic rings. The van der Waals surface area contributed by atoms with Crippen molar-refractivity contribution in [2.45, 2.75) is 23.7 Å². The highest BCUT2D eigenvalue weighted by Gasteiger charge is 2.31. The molecule has 1 fully saturated rings. The van der Waals surface area contributed by atoms with Crippen molar-refractivity contribution < 1.29 is 13.2 Å². The third-order valence-corrected chi connectivity index (χ3v) is 4.60. The lowest BCUT2D eigenvalue weighted by Crippen LogP contribution is -2.28. The van der Waals surface area contributed by atoms with E-state index in [1.165, 1.54) is 6.20 Å². The van der Waals surface area contributed by atoms with Crippen LogP contribution in [0.1, 0.15) is 24.5 Å². The molecule has 1 unspecified atom stereocenters. The molecule has 1 saturated heterocycles. The van der Waals surface area contributed by atoms with Gasteiger partial charge in [0.1, 0.15) is 4.90 Å². The molecule has 106 valence electrons. The highest BCUT2D eigenvalue weighted by molar-refractivity contribution is 7.90. The number of likely N-dealkylation sites (tertiary alicyclic amines) is 1. The van der Waals surface area contributed by atoms with Gasteiger partial charge in [0.2, 0.25) is 5.91 Å². The van der Waals surface area contributed by atoms with Crippen LogP contribution in [0.15, 0.2) is 11.1 Å². The van der Waals surface area contributed by atoms with Crippen LogP contribution in [0.5, 0.6) is 0 Å². The highest BCUT2D eigenvalue weighted by Crippen LogP contribution is 2.30. The molecule has 1 aromatic heterocycles. The van der Waals surface area contributed by atoms with Crippen molar-refractivity contribution in [2.75, 3.05) is 25.2 Å². The Bertz CT molecular complexity index is 569. The lowest BCUT2D eigenvalue weighted by Gasteiger charge is -2.15. The first-order valence-corrected chi connectivity index (χ1v) is 8.43. The van der Waals surface area contributed by atoms with Crippen LogP contribution in [-0.4, -0.2) is 54.6 Å². The van der Waals surface area contributed by atoms with Crippen molar-refractivity contribution in [3.63, 3.8) is 0 Å². The van der Waals surface area contributed by atoms with Gasteiger partial charge in [0, 0.05) is 37.6 Å². The van der Waals surface area contributed by atoms with E-state index < -0.39 is 9.84 Å². The summed E-state index contributed by atoms with van der Waals surface area (Å²) < 4.78 is 23.3. The molecule has 0 saturated carbocycles. The van der Waals surface area contributed by atoms with Crippen LogP contribution < -0.4 is 0 Å². The van der Waals surface area contributed by atoms with Gasteiger partial charge in [-0.3, -0.25) is 9.89 Å². The average molecular weight is 306 g/mol. The van der Waals surface area contributed by atoms with Gasteiger partial charge < -0.3 is 4.90 Å². The summed E-state index contributed by atoms with van der Waals surface area (Å²) >= 11 is 5.55. The molecule has 8 heteroatoms. The van der Waals surface area contributed by atoms with Gasteiger partial charge in [0.15, 0.2) is 9.84 Å². The van der Waals surface area contributed by atoms with Crippen molar-refractivity contribution in [3.8, 4) is 0 Å². The van der Waals surface area contributed by atoms with E-state index in [0.29, 0.717) is 31.1 Å². The maximum absolute atomic E-state index is 11.7. The number of aromatic amines is 1. The molecule has 1 atom stereocenters. The molecular weight excluding hydrogens is 290 g/mol. The highest BCUT2D eigenvalue weighted by atomic mass is 35.5. The minimum atomic E-state index is -3.29. The number of hydrogen-bond acceptors (Lipinski definition) is 4. The Kier molecular flexibility index (Phi) is 4.15. The van der Waals surface area contributed by atoms with Crippen molar-refractivity contribution in [2.24, 2.45) is 0 Å². The zero-order valence-electron chi connectivity index (χ0n) is 10.6. The van der Waals surface area contributed by atoms with Crippen LogP contribution in [0.3, 0.4) is 0 Å². The SMILES string of the molecule is CS(=O)(=O)c1cn[nH]c1C1CCN(C(=O)CCCl)C1. The second-order valence-corrected chi connectivity index (χ2v) is 7.05. The predicted molar refractivity (Wildman–Crippen MR) is 71.0 cm³/mol. The molecule has 1 amide bonds. The molecule has 0 aliphatic carbocycles. The van der Waals surface area contributed by atoms with Crippen LogP contribution in [0.2, 0.25) is 0 Å². The Morgan fingerprint density at radius 2 is 2.37 bits per heavy atom. The molecular formula is C11H16ClN3O3S. The molecule has 0 bridgehead atoms. The molecule has 0 spiro atoms. The Hall–Kier alpha value is -1.08. The summed E-state index contributed by atoms with van der Waals surface area (Å²) in [6.07, 6.45) is 3.54. The molecule has 1 N–H and O–H groups in total. The second kappa shape index (κ2) is 5.50. The zero-order valence-corrected chi connectivity index (χ0v) is 12.2. The van der Waals surface area contributed by atoms with Gasteiger partial charge in [0.05, 0.1) is 11.9 Å². The summed E-state index contributed by atoms with van der Waals surface area (Å²) in [7, 11) is -3.29. The van der Waals surface area contributed by atoms with E-state index >= 15 is 0 Å². The van der Waals surface area contributed by atoms with E-state index in [0.717, 1.165) is 12.7 Å². The maximum Gasteiger partial charge on any atom is 0.223 e. The Morgan fingerprint density at radius 3 is 3.00 bits per heavy atom. The smallest absolute Gasteiger partial charge is 0.223 e. The van der Waals surface area contributed by atoms with Crippen molar-refractivity contribution >= 4 is 27.3 Å².